The molecular weight excluding hydrogens is 386 g/mol. The van der Waals surface area contributed by atoms with Gasteiger partial charge in [-0.05, 0) is 36.4 Å². The van der Waals surface area contributed by atoms with Crippen LogP contribution in [0.5, 0.6) is 0 Å². The molecule has 0 aliphatic heterocycles. The van der Waals surface area contributed by atoms with Gasteiger partial charge in [0.15, 0.2) is 5.16 Å². The van der Waals surface area contributed by atoms with Gasteiger partial charge in [0.1, 0.15) is 11.3 Å². The predicted octanol–water partition coefficient (Wildman–Crippen LogP) is 3.98. The number of rotatable bonds is 3. The first-order valence-electron chi connectivity index (χ1n) is 6.94. The molecule has 5 nitrogen and oxygen atoms in total. The van der Waals surface area contributed by atoms with Crippen LogP contribution in [-0.2, 0) is 4.57 Å². The van der Waals surface area contributed by atoms with Gasteiger partial charge in [-0.15, -0.1) is 0 Å². The minimum Gasteiger partial charge on any atom is -0.333 e. The molecular formula is C16H11ClFN2O3PS. The molecule has 0 atom stereocenters. The number of fused-ring (bicyclic) bond motifs is 1. The quantitative estimate of drug-likeness (QED) is 0.354. The molecule has 9 heteroatoms. The fraction of sp³-hybridized carbons (Fsp3) is 0.0625. The maximum absolute atomic E-state index is 12.9. The van der Waals surface area contributed by atoms with Gasteiger partial charge in [-0.1, -0.05) is 35.2 Å². The summed E-state index contributed by atoms with van der Waals surface area (Å²) in [5.41, 5.74) is 2.07. The predicted molar refractivity (Wildman–Crippen MR) is 96.3 cm³/mol. The van der Waals surface area contributed by atoms with Crippen LogP contribution in [0.25, 0.3) is 11.0 Å². The fourth-order valence-electron chi connectivity index (χ4n) is 1.99. The summed E-state index contributed by atoms with van der Waals surface area (Å²) in [7, 11) is -4.11. The minimum atomic E-state index is -4.11. The van der Waals surface area contributed by atoms with Crippen molar-refractivity contribution in [3.8, 4) is 11.8 Å². The normalized spacial score (nSPS) is 11.4. The molecule has 128 valence electrons. The first kappa shape index (κ1) is 18.0. The third-order valence-corrected chi connectivity index (χ3v) is 5.75. The Morgan fingerprint density at radius 2 is 1.96 bits per heavy atom. The second-order valence-corrected chi connectivity index (χ2v) is 8.53. The molecule has 3 aromatic rings. The van der Waals surface area contributed by atoms with Gasteiger partial charge in [0.2, 0.25) is 0 Å². The summed E-state index contributed by atoms with van der Waals surface area (Å²) >= 11 is 7.14. The maximum atomic E-state index is 12.9. The number of nitrogens with zero attached hydrogens (tertiary/aromatic N) is 1. The van der Waals surface area contributed by atoms with Crippen molar-refractivity contribution < 1.29 is 18.7 Å². The summed E-state index contributed by atoms with van der Waals surface area (Å²) in [6.07, 6.45) is 0. The molecule has 3 N–H and O–H groups in total. The van der Waals surface area contributed by atoms with Gasteiger partial charge in [0.25, 0.3) is 0 Å². The number of H-pyrrole nitrogens is 1. The lowest BCUT2D eigenvalue weighted by atomic mass is 10.1. The molecule has 0 unspecified atom stereocenters. The lowest BCUT2D eigenvalue weighted by Gasteiger charge is -1.99. The summed E-state index contributed by atoms with van der Waals surface area (Å²) in [5.74, 6) is 5.48. The zero-order valence-electron chi connectivity index (χ0n) is 12.5. The topological polar surface area (TPSA) is 86.2 Å². The average molecular weight is 397 g/mol. The Balaban J connectivity index is 1.88. The minimum absolute atomic E-state index is 0.332. The summed E-state index contributed by atoms with van der Waals surface area (Å²) in [4.78, 5) is 25.1. The van der Waals surface area contributed by atoms with E-state index in [4.69, 9.17) is 21.4 Å². The van der Waals surface area contributed by atoms with Crippen molar-refractivity contribution in [1.82, 2.24) is 9.97 Å². The highest BCUT2D eigenvalue weighted by Crippen LogP contribution is 2.40. The van der Waals surface area contributed by atoms with Crippen molar-refractivity contribution in [3.63, 3.8) is 0 Å². The van der Waals surface area contributed by atoms with Gasteiger partial charge in [-0.3, -0.25) is 4.57 Å². The van der Waals surface area contributed by atoms with Gasteiger partial charge < -0.3 is 14.8 Å². The van der Waals surface area contributed by atoms with Crippen molar-refractivity contribution in [2.45, 2.75) is 5.16 Å². The van der Waals surface area contributed by atoms with Crippen molar-refractivity contribution in [3.05, 3.63) is 58.4 Å². The van der Waals surface area contributed by atoms with Gasteiger partial charge in [0, 0.05) is 11.1 Å². The molecule has 0 aliphatic rings. The monoisotopic (exact) mass is 396 g/mol. The maximum Gasteiger partial charge on any atom is 0.335 e. The molecule has 3 rings (SSSR count). The van der Waals surface area contributed by atoms with Crippen LogP contribution in [0.3, 0.4) is 0 Å². The second kappa shape index (κ2) is 7.20. The molecule has 0 bridgehead atoms. The molecule has 0 aliphatic carbocycles. The Hall–Kier alpha value is -1.81. The Labute approximate surface area is 151 Å². The Morgan fingerprint density at radius 1 is 1.24 bits per heavy atom. The van der Waals surface area contributed by atoms with Crippen LogP contribution >= 0.6 is 31.0 Å². The van der Waals surface area contributed by atoms with Crippen molar-refractivity contribution in [2.24, 2.45) is 0 Å². The first-order valence-corrected chi connectivity index (χ1v) is 10.1. The van der Waals surface area contributed by atoms with Crippen molar-refractivity contribution in [2.75, 3.05) is 5.49 Å². The van der Waals surface area contributed by atoms with E-state index in [-0.39, 0.29) is 11.3 Å². The third-order valence-electron chi connectivity index (χ3n) is 3.10. The lowest BCUT2D eigenvalue weighted by Crippen LogP contribution is -1.83. The van der Waals surface area contributed by atoms with E-state index in [0.29, 0.717) is 32.3 Å². The number of benzene rings is 2. The zero-order valence-corrected chi connectivity index (χ0v) is 15.0. The van der Waals surface area contributed by atoms with E-state index in [1.807, 2.05) is 0 Å². The number of hydrogen-bond acceptors (Lipinski definition) is 3. The van der Waals surface area contributed by atoms with E-state index in [1.54, 1.807) is 24.3 Å². The number of nitrogens with one attached hydrogen (secondary N) is 1. The van der Waals surface area contributed by atoms with Gasteiger partial charge in [-0.2, -0.15) is 0 Å². The summed E-state index contributed by atoms with van der Waals surface area (Å²) < 4.78 is 23.8. The largest absolute Gasteiger partial charge is 0.335 e. The summed E-state index contributed by atoms with van der Waals surface area (Å²) in [5, 5.41) is 0.801. The smallest absolute Gasteiger partial charge is 0.333 e. The van der Waals surface area contributed by atoms with Gasteiger partial charge >= 0.3 is 7.60 Å². The number of thioether (sulfide) groups is 1. The number of imidazole rings is 1. The highest BCUT2D eigenvalue weighted by Gasteiger charge is 2.15. The van der Waals surface area contributed by atoms with Gasteiger partial charge in [0.05, 0.1) is 16.1 Å². The Kier molecular flexibility index (Phi) is 5.19. The molecule has 0 radical (unpaired) electrons. The van der Waals surface area contributed by atoms with E-state index in [0.717, 1.165) is 11.8 Å². The van der Waals surface area contributed by atoms with E-state index in [1.165, 1.54) is 12.1 Å². The van der Waals surface area contributed by atoms with E-state index >= 15 is 0 Å². The van der Waals surface area contributed by atoms with Crippen molar-refractivity contribution in [1.29, 1.82) is 0 Å². The van der Waals surface area contributed by atoms with E-state index in [9.17, 15) is 8.96 Å². The summed E-state index contributed by atoms with van der Waals surface area (Å²) in [6, 6.07) is 9.13. The number of aromatic nitrogens is 2. The standard InChI is InChI=1S/C16H11ClFN2O3PS/c17-13-8-15-14(19-16(20-15)25-9-24(21,22)23)7-11(13)4-1-10-2-5-12(18)6-3-10/h2-3,5-8H,9H2,(H,19,20)(H2,21,22,23). The molecule has 2 aromatic carbocycles. The van der Waals surface area contributed by atoms with Crippen LogP contribution in [0, 0.1) is 17.7 Å². The molecule has 0 spiro atoms. The van der Waals surface area contributed by atoms with Crippen LogP contribution < -0.4 is 0 Å². The lowest BCUT2D eigenvalue weighted by molar-refractivity contribution is 0.379. The van der Waals surface area contributed by atoms with Crippen LogP contribution in [0.15, 0.2) is 41.6 Å². The van der Waals surface area contributed by atoms with E-state index in [2.05, 4.69) is 21.8 Å². The zero-order chi connectivity index (χ0) is 18.0. The summed E-state index contributed by atoms with van der Waals surface area (Å²) in [6.45, 7) is 0. The number of aromatic amines is 1. The van der Waals surface area contributed by atoms with Gasteiger partial charge in [-0.25, -0.2) is 9.37 Å². The SMILES string of the molecule is O=P(O)(O)CSc1nc2cc(C#Cc3ccc(F)cc3)c(Cl)cc2[nH]1. The van der Waals surface area contributed by atoms with Crippen LogP contribution in [-0.4, -0.2) is 25.2 Å². The Morgan fingerprint density at radius 3 is 2.64 bits per heavy atom. The second-order valence-electron chi connectivity index (χ2n) is 5.09. The van der Waals surface area contributed by atoms with Crippen LogP contribution in [0.1, 0.15) is 11.1 Å². The van der Waals surface area contributed by atoms with Crippen LogP contribution in [0.2, 0.25) is 5.02 Å². The fourth-order valence-corrected chi connectivity index (χ4v) is 3.71. The molecule has 0 amide bonds. The molecule has 0 saturated carbocycles. The highest BCUT2D eigenvalue weighted by atomic mass is 35.5. The Bertz CT molecular complexity index is 1040. The van der Waals surface area contributed by atoms with E-state index < -0.39 is 7.60 Å². The van der Waals surface area contributed by atoms with Crippen LogP contribution in [0.4, 0.5) is 4.39 Å². The molecule has 1 aromatic heterocycles. The molecule has 25 heavy (non-hydrogen) atoms. The number of hydrogen-bond donors (Lipinski definition) is 3. The molecule has 0 fully saturated rings. The average Bonchev–Trinajstić information content (AvgIpc) is 2.93. The molecule has 0 saturated heterocycles. The molecule has 1 heterocycles. The highest BCUT2D eigenvalue weighted by molar-refractivity contribution is 8.04. The number of halogens is 2. The first-order chi connectivity index (χ1) is 11.8. The van der Waals surface area contributed by atoms with Crippen molar-refractivity contribution >= 4 is 42.0 Å². The third kappa shape index (κ3) is 4.85.